The second-order valence-electron chi connectivity index (χ2n) is 6.50. The highest BCUT2D eigenvalue weighted by Crippen LogP contribution is 2.38. The number of nitrogens with one attached hydrogen (secondary N) is 1. The van der Waals surface area contributed by atoms with E-state index in [0.717, 1.165) is 24.3 Å². The number of aliphatic carboxylic acids is 1. The molecule has 0 saturated heterocycles. The van der Waals surface area contributed by atoms with E-state index in [1.54, 1.807) is 20.8 Å². The lowest BCUT2D eigenvalue weighted by Crippen LogP contribution is -2.41. The number of halogens is 3. The van der Waals surface area contributed by atoms with E-state index in [4.69, 9.17) is 9.84 Å². The molecule has 1 atom stereocenters. The van der Waals surface area contributed by atoms with E-state index in [1.807, 2.05) is 0 Å². The van der Waals surface area contributed by atoms with Crippen LogP contribution in [0.3, 0.4) is 0 Å². The smallest absolute Gasteiger partial charge is 0.430 e. The summed E-state index contributed by atoms with van der Waals surface area (Å²) in [5.41, 5.74) is -1.85. The molecular weight excluding hydrogens is 363 g/mol. The summed E-state index contributed by atoms with van der Waals surface area (Å²) in [4.78, 5) is 10.9. The van der Waals surface area contributed by atoms with Gasteiger partial charge in [-0.25, -0.2) is 17.9 Å². The molecule has 2 rings (SSSR count). The van der Waals surface area contributed by atoms with E-state index in [9.17, 15) is 26.4 Å². The Labute approximate surface area is 142 Å². The summed E-state index contributed by atoms with van der Waals surface area (Å²) < 4.78 is 70.7. The minimum atomic E-state index is -4.92. The first kappa shape index (κ1) is 19.3. The number of fused-ring (bicyclic) bond motifs is 1. The maximum atomic E-state index is 13.0. The van der Waals surface area contributed by atoms with Gasteiger partial charge in [-0.3, -0.25) is 0 Å². The molecule has 1 aromatic rings. The Morgan fingerprint density at radius 3 is 2.32 bits per heavy atom. The first-order valence-corrected chi connectivity index (χ1v) is 8.55. The number of carboxylic acids is 1. The third kappa shape index (κ3) is 4.31. The molecule has 1 aliphatic rings. The largest absolute Gasteiger partial charge is 0.478 e. The summed E-state index contributed by atoms with van der Waals surface area (Å²) in [6.07, 6.45) is -6.76. The molecule has 1 heterocycles. The molecule has 0 aliphatic carbocycles. The summed E-state index contributed by atoms with van der Waals surface area (Å²) in [6.45, 7) is 4.88. The Morgan fingerprint density at radius 2 is 1.84 bits per heavy atom. The Kier molecular flexibility index (Phi) is 4.64. The first-order valence-electron chi connectivity index (χ1n) is 7.07. The van der Waals surface area contributed by atoms with Crippen molar-refractivity contribution in [3.8, 4) is 5.75 Å². The van der Waals surface area contributed by atoms with Crippen LogP contribution in [0.4, 0.5) is 13.2 Å². The predicted molar refractivity (Wildman–Crippen MR) is 82.6 cm³/mol. The number of hydrogen-bond donors (Lipinski definition) is 2. The van der Waals surface area contributed by atoms with Gasteiger partial charge >= 0.3 is 12.1 Å². The van der Waals surface area contributed by atoms with Crippen molar-refractivity contribution in [1.82, 2.24) is 4.72 Å². The van der Waals surface area contributed by atoms with Crippen LogP contribution < -0.4 is 9.46 Å². The average Bonchev–Trinajstić information content (AvgIpc) is 2.41. The van der Waals surface area contributed by atoms with E-state index in [-0.39, 0.29) is 16.2 Å². The number of carbonyl (C=O) groups is 1. The van der Waals surface area contributed by atoms with Gasteiger partial charge in [-0.05, 0) is 45.0 Å². The molecule has 0 bridgehead atoms. The van der Waals surface area contributed by atoms with Gasteiger partial charge in [-0.15, -0.1) is 0 Å². The SMILES string of the molecule is CC(C)(C)NS(=O)(=O)c1ccc2c(c1)C=C(C(=O)O)C(C(F)(F)F)O2. The quantitative estimate of drug-likeness (QED) is 0.842. The van der Waals surface area contributed by atoms with Crippen molar-refractivity contribution in [2.45, 2.75) is 43.5 Å². The van der Waals surface area contributed by atoms with Crippen molar-refractivity contribution in [2.24, 2.45) is 0 Å². The van der Waals surface area contributed by atoms with Crippen LogP contribution in [-0.4, -0.2) is 37.3 Å². The monoisotopic (exact) mass is 379 g/mol. The fraction of sp³-hybridized carbons (Fsp3) is 0.400. The minimum absolute atomic E-state index is 0.0605. The van der Waals surface area contributed by atoms with Crippen LogP contribution in [0.25, 0.3) is 6.08 Å². The average molecular weight is 379 g/mol. The molecule has 0 fully saturated rings. The third-order valence-electron chi connectivity index (χ3n) is 3.11. The van der Waals surface area contributed by atoms with Gasteiger partial charge in [0.2, 0.25) is 16.1 Å². The van der Waals surface area contributed by atoms with Gasteiger partial charge in [0.15, 0.2) is 0 Å². The van der Waals surface area contributed by atoms with Gasteiger partial charge in [-0.1, -0.05) is 0 Å². The standard InChI is InChI=1S/C15H16F3NO5S/c1-14(2,3)19-25(22,23)9-4-5-11-8(6-9)7-10(13(20)21)12(24-11)15(16,17)18/h4-7,12,19H,1-3H3,(H,20,21). The highest BCUT2D eigenvalue weighted by Gasteiger charge is 2.48. The highest BCUT2D eigenvalue weighted by atomic mass is 32.2. The van der Waals surface area contributed by atoms with E-state index in [1.165, 1.54) is 0 Å². The second kappa shape index (κ2) is 6.03. The lowest BCUT2D eigenvalue weighted by molar-refractivity contribution is -0.187. The van der Waals surface area contributed by atoms with Crippen LogP contribution in [0.2, 0.25) is 0 Å². The molecule has 2 N–H and O–H groups in total. The van der Waals surface area contributed by atoms with Crippen molar-refractivity contribution in [3.63, 3.8) is 0 Å². The molecule has 0 spiro atoms. The first-order chi connectivity index (χ1) is 11.2. The van der Waals surface area contributed by atoms with Gasteiger partial charge < -0.3 is 9.84 Å². The Balaban J connectivity index is 2.51. The Morgan fingerprint density at radius 1 is 1.24 bits per heavy atom. The lowest BCUT2D eigenvalue weighted by Gasteiger charge is -2.27. The molecule has 0 saturated carbocycles. The van der Waals surface area contributed by atoms with Crippen molar-refractivity contribution in [3.05, 3.63) is 29.3 Å². The van der Waals surface area contributed by atoms with Crippen molar-refractivity contribution < 1.29 is 36.2 Å². The fourth-order valence-corrected chi connectivity index (χ4v) is 3.68. The number of rotatable bonds is 3. The Bertz CT molecular complexity index is 838. The highest BCUT2D eigenvalue weighted by molar-refractivity contribution is 7.89. The molecule has 0 amide bonds. The second-order valence-corrected chi connectivity index (χ2v) is 8.18. The maximum absolute atomic E-state index is 13.0. The zero-order valence-electron chi connectivity index (χ0n) is 13.5. The van der Waals surface area contributed by atoms with Crippen LogP contribution >= 0.6 is 0 Å². The van der Waals surface area contributed by atoms with Crippen LogP contribution in [0.15, 0.2) is 28.7 Å². The Hall–Kier alpha value is -2.07. The number of hydrogen-bond acceptors (Lipinski definition) is 4. The molecule has 25 heavy (non-hydrogen) atoms. The van der Waals surface area contributed by atoms with Gasteiger partial charge in [0.25, 0.3) is 0 Å². The van der Waals surface area contributed by atoms with Gasteiger partial charge in [0.05, 0.1) is 10.5 Å². The molecule has 10 heteroatoms. The van der Waals surface area contributed by atoms with Gasteiger partial charge in [0, 0.05) is 11.1 Å². The molecule has 6 nitrogen and oxygen atoms in total. The molecule has 1 aliphatic heterocycles. The number of carboxylic acid groups (broad SMARTS) is 1. The summed E-state index contributed by atoms with van der Waals surface area (Å²) in [7, 11) is -3.94. The predicted octanol–water partition coefficient (Wildman–Crippen LogP) is 2.55. The molecule has 0 aromatic heterocycles. The fourth-order valence-electron chi connectivity index (χ4n) is 2.23. The van der Waals surface area contributed by atoms with Crippen LogP contribution in [-0.2, 0) is 14.8 Å². The van der Waals surface area contributed by atoms with Crippen LogP contribution in [0, 0.1) is 0 Å². The third-order valence-corrected chi connectivity index (χ3v) is 4.87. The number of alkyl halides is 3. The molecule has 0 radical (unpaired) electrons. The topological polar surface area (TPSA) is 92.7 Å². The molecular formula is C15H16F3NO5S. The van der Waals surface area contributed by atoms with Gasteiger partial charge in [0.1, 0.15) is 5.75 Å². The summed E-state index contributed by atoms with van der Waals surface area (Å²) >= 11 is 0. The van der Waals surface area contributed by atoms with Gasteiger partial charge in [-0.2, -0.15) is 13.2 Å². The van der Waals surface area contributed by atoms with E-state index in [0.29, 0.717) is 0 Å². The zero-order valence-corrected chi connectivity index (χ0v) is 14.3. The summed E-state index contributed by atoms with van der Waals surface area (Å²) in [6, 6.07) is 3.24. The van der Waals surface area contributed by atoms with Crippen molar-refractivity contribution in [1.29, 1.82) is 0 Å². The van der Waals surface area contributed by atoms with E-state index in [2.05, 4.69) is 4.72 Å². The minimum Gasteiger partial charge on any atom is -0.478 e. The van der Waals surface area contributed by atoms with E-state index >= 15 is 0 Å². The normalized spacial score (nSPS) is 18.2. The van der Waals surface area contributed by atoms with Crippen LogP contribution in [0.5, 0.6) is 5.75 Å². The van der Waals surface area contributed by atoms with Crippen molar-refractivity contribution >= 4 is 22.1 Å². The number of sulfonamides is 1. The number of ether oxygens (including phenoxy) is 1. The molecule has 138 valence electrons. The number of benzene rings is 1. The molecule has 1 aromatic carbocycles. The summed E-state index contributed by atoms with van der Waals surface area (Å²) in [5.74, 6) is -2.05. The molecule has 1 unspecified atom stereocenters. The van der Waals surface area contributed by atoms with Crippen molar-refractivity contribution in [2.75, 3.05) is 0 Å². The zero-order chi connectivity index (χ0) is 19.2. The van der Waals surface area contributed by atoms with Crippen LogP contribution in [0.1, 0.15) is 26.3 Å². The van der Waals surface area contributed by atoms with E-state index < -0.39 is 39.4 Å². The maximum Gasteiger partial charge on any atom is 0.430 e. The lowest BCUT2D eigenvalue weighted by atomic mass is 10.0. The summed E-state index contributed by atoms with van der Waals surface area (Å²) in [5, 5.41) is 9.00.